The third-order valence-electron chi connectivity index (χ3n) is 4.81. The minimum Gasteiger partial charge on any atom is -0.278 e. The van der Waals surface area contributed by atoms with Gasteiger partial charge in [0.25, 0.3) is 5.91 Å². The lowest BCUT2D eigenvalue weighted by atomic mass is 10.1. The predicted octanol–water partition coefficient (Wildman–Crippen LogP) is 4.80. The Bertz CT molecular complexity index is 1140. The first kappa shape index (κ1) is 18.4. The molecule has 0 spiro atoms. The zero-order valence-corrected chi connectivity index (χ0v) is 17.2. The van der Waals surface area contributed by atoms with Crippen LogP contribution in [0.25, 0.3) is 10.2 Å². The maximum Gasteiger partial charge on any atom is 0.280 e. The van der Waals surface area contributed by atoms with Crippen LogP contribution in [0.15, 0.2) is 48.5 Å². The van der Waals surface area contributed by atoms with Crippen LogP contribution in [0.2, 0.25) is 0 Å². The van der Waals surface area contributed by atoms with Crippen molar-refractivity contribution in [2.45, 2.75) is 27.3 Å². The van der Waals surface area contributed by atoms with E-state index in [4.69, 9.17) is 4.98 Å². The first-order chi connectivity index (χ1) is 13.4. The number of benzene rings is 2. The molecule has 6 heteroatoms. The van der Waals surface area contributed by atoms with Crippen molar-refractivity contribution in [3.8, 4) is 0 Å². The minimum absolute atomic E-state index is 0.138. The van der Waals surface area contributed by atoms with Gasteiger partial charge < -0.3 is 0 Å². The van der Waals surface area contributed by atoms with Crippen LogP contribution in [0.5, 0.6) is 0 Å². The minimum atomic E-state index is -0.138. The summed E-state index contributed by atoms with van der Waals surface area (Å²) in [7, 11) is 1.84. The van der Waals surface area contributed by atoms with Crippen molar-refractivity contribution in [1.29, 1.82) is 0 Å². The fourth-order valence-electron chi connectivity index (χ4n) is 3.27. The van der Waals surface area contributed by atoms with Crippen molar-refractivity contribution < 1.29 is 4.79 Å². The highest BCUT2D eigenvalue weighted by Gasteiger charge is 2.24. The summed E-state index contributed by atoms with van der Waals surface area (Å²) in [6.07, 6.45) is 0. The summed E-state index contributed by atoms with van der Waals surface area (Å²) >= 11 is 1.55. The molecule has 4 rings (SSSR count). The number of rotatable bonds is 4. The Balaban J connectivity index is 1.80. The van der Waals surface area contributed by atoms with Gasteiger partial charge in [-0.25, -0.2) is 4.98 Å². The molecule has 0 aliphatic rings. The molecule has 0 saturated carbocycles. The second kappa shape index (κ2) is 7.20. The highest BCUT2D eigenvalue weighted by atomic mass is 32.1. The highest BCUT2D eigenvalue weighted by Crippen LogP contribution is 2.33. The van der Waals surface area contributed by atoms with Crippen molar-refractivity contribution in [3.05, 3.63) is 76.6 Å². The zero-order chi connectivity index (χ0) is 19.8. The second-order valence-electron chi connectivity index (χ2n) is 7.10. The molecular weight excluding hydrogens is 368 g/mol. The summed E-state index contributed by atoms with van der Waals surface area (Å²) in [5, 5.41) is 5.08. The van der Waals surface area contributed by atoms with Crippen LogP contribution in [-0.4, -0.2) is 20.7 Å². The number of aryl methyl sites for hydroxylation is 4. The quantitative estimate of drug-likeness (QED) is 0.503. The number of carbonyl (C=O) groups is 1. The number of carbonyl (C=O) groups excluding carboxylic acids is 1. The number of nitrogens with zero attached hydrogens (tertiary/aromatic N) is 4. The van der Waals surface area contributed by atoms with Gasteiger partial charge >= 0.3 is 0 Å². The van der Waals surface area contributed by atoms with Crippen LogP contribution in [-0.2, 0) is 13.6 Å². The van der Waals surface area contributed by atoms with E-state index in [9.17, 15) is 4.79 Å². The first-order valence-corrected chi connectivity index (χ1v) is 9.98. The molecule has 28 heavy (non-hydrogen) atoms. The molecule has 142 valence electrons. The fraction of sp³-hybridized carbons (Fsp3) is 0.227. The smallest absolute Gasteiger partial charge is 0.278 e. The molecule has 0 fully saturated rings. The Morgan fingerprint density at radius 3 is 2.54 bits per heavy atom. The van der Waals surface area contributed by atoms with E-state index in [1.807, 2.05) is 50.4 Å². The number of hydrogen-bond acceptors (Lipinski definition) is 4. The standard InChI is InChI=1S/C22H22N4OS/c1-14-10-15(2)20-19(11-14)28-22(23-20)26(13-17-8-6-5-7-9-17)21(27)18-12-16(3)25(4)24-18/h5-12H,13H2,1-4H3. The van der Waals surface area contributed by atoms with Crippen molar-refractivity contribution in [3.63, 3.8) is 0 Å². The molecule has 0 aliphatic heterocycles. The molecule has 0 saturated heterocycles. The van der Waals surface area contributed by atoms with Crippen molar-refractivity contribution in [2.24, 2.45) is 7.05 Å². The number of hydrogen-bond donors (Lipinski definition) is 0. The first-order valence-electron chi connectivity index (χ1n) is 9.16. The maximum atomic E-state index is 13.4. The van der Waals surface area contributed by atoms with E-state index in [-0.39, 0.29) is 5.91 Å². The van der Waals surface area contributed by atoms with E-state index in [1.165, 1.54) is 5.56 Å². The third kappa shape index (κ3) is 3.43. The predicted molar refractivity (Wildman–Crippen MR) is 114 cm³/mol. The van der Waals surface area contributed by atoms with Crippen LogP contribution in [0, 0.1) is 20.8 Å². The lowest BCUT2D eigenvalue weighted by molar-refractivity contribution is 0.0979. The molecular formula is C22H22N4OS. The molecule has 4 aromatic rings. The van der Waals surface area contributed by atoms with Gasteiger partial charge in [-0.3, -0.25) is 14.4 Å². The van der Waals surface area contributed by atoms with Gasteiger partial charge in [0.15, 0.2) is 10.8 Å². The van der Waals surface area contributed by atoms with Crippen LogP contribution in [0.3, 0.4) is 0 Å². The Labute approximate surface area is 168 Å². The van der Waals surface area contributed by atoms with Gasteiger partial charge in [0.05, 0.1) is 16.8 Å². The summed E-state index contributed by atoms with van der Waals surface area (Å²) < 4.78 is 2.82. The lowest BCUT2D eigenvalue weighted by Gasteiger charge is -2.19. The number of amides is 1. The van der Waals surface area contributed by atoms with Crippen LogP contribution >= 0.6 is 11.3 Å². The highest BCUT2D eigenvalue weighted by molar-refractivity contribution is 7.22. The van der Waals surface area contributed by atoms with Crippen LogP contribution in [0.1, 0.15) is 32.9 Å². The third-order valence-corrected chi connectivity index (χ3v) is 5.84. The zero-order valence-electron chi connectivity index (χ0n) is 16.4. The van der Waals surface area contributed by atoms with Gasteiger partial charge in [0.2, 0.25) is 0 Å². The van der Waals surface area contributed by atoms with Crippen molar-refractivity contribution in [1.82, 2.24) is 14.8 Å². The molecule has 2 heterocycles. The normalized spacial score (nSPS) is 11.1. The summed E-state index contributed by atoms with van der Waals surface area (Å²) in [5.74, 6) is -0.138. The fourth-order valence-corrected chi connectivity index (χ4v) is 4.41. The summed E-state index contributed by atoms with van der Waals surface area (Å²) in [6.45, 7) is 6.53. The average molecular weight is 391 g/mol. The van der Waals surface area contributed by atoms with E-state index in [1.54, 1.807) is 20.9 Å². The van der Waals surface area contributed by atoms with Gasteiger partial charge in [-0.05, 0) is 49.6 Å². The van der Waals surface area contributed by atoms with E-state index in [2.05, 4.69) is 31.1 Å². The topological polar surface area (TPSA) is 51.0 Å². The molecule has 0 aliphatic carbocycles. The average Bonchev–Trinajstić information content (AvgIpc) is 3.23. The summed E-state index contributed by atoms with van der Waals surface area (Å²) in [5.41, 5.74) is 5.70. The Morgan fingerprint density at radius 2 is 1.86 bits per heavy atom. The number of fused-ring (bicyclic) bond motifs is 1. The molecule has 0 atom stereocenters. The van der Waals surface area contributed by atoms with Crippen molar-refractivity contribution in [2.75, 3.05) is 4.90 Å². The van der Waals surface area contributed by atoms with E-state index in [0.717, 1.165) is 27.0 Å². The van der Waals surface area contributed by atoms with Gasteiger partial charge in [-0.15, -0.1) is 0 Å². The molecule has 0 unspecified atom stereocenters. The Hall–Kier alpha value is -2.99. The van der Waals surface area contributed by atoms with Crippen LogP contribution < -0.4 is 4.90 Å². The van der Waals surface area contributed by atoms with E-state index in [0.29, 0.717) is 17.4 Å². The molecule has 0 bridgehead atoms. The van der Waals surface area contributed by atoms with E-state index >= 15 is 0 Å². The van der Waals surface area contributed by atoms with Gasteiger partial charge in [0, 0.05) is 12.7 Å². The molecule has 2 aromatic heterocycles. The monoisotopic (exact) mass is 390 g/mol. The Morgan fingerprint density at radius 1 is 1.11 bits per heavy atom. The van der Waals surface area contributed by atoms with Crippen LogP contribution in [0.4, 0.5) is 5.13 Å². The number of aromatic nitrogens is 3. The molecule has 2 aromatic carbocycles. The van der Waals surface area contributed by atoms with Gasteiger partial charge in [-0.2, -0.15) is 5.10 Å². The SMILES string of the molecule is Cc1cc(C)c2nc(N(Cc3ccccc3)C(=O)c3cc(C)n(C)n3)sc2c1. The largest absolute Gasteiger partial charge is 0.280 e. The number of anilines is 1. The molecule has 0 N–H and O–H groups in total. The second-order valence-corrected chi connectivity index (χ2v) is 8.11. The molecule has 5 nitrogen and oxygen atoms in total. The molecule has 0 radical (unpaired) electrons. The Kier molecular flexibility index (Phi) is 4.73. The van der Waals surface area contributed by atoms with Gasteiger partial charge in [-0.1, -0.05) is 47.7 Å². The lowest BCUT2D eigenvalue weighted by Crippen LogP contribution is -2.30. The summed E-state index contributed by atoms with van der Waals surface area (Å²) in [4.78, 5) is 19.9. The molecule has 1 amide bonds. The van der Waals surface area contributed by atoms with Crippen molar-refractivity contribution >= 4 is 32.6 Å². The maximum absolute atomic E-state index is 13.4. The van der Waals surface area contributed by atoms with Gasteiger partial charge in [0.1, 0.15) is 0 Å². The number of thiazole rings is 1. The van der Waals surface area contributed by atoms with E-state index < -0.39 is 0 Å². The summed E-state index contributed by atoms with van der Waals surface area (Å²) in [6, 6.07) is 16.0.